The van der Waals surface area contributed by atoms with Crippen LogP contribution in [0.4, 0.5) is 0 Å². The molecule has 0 bridgehead atoms. The van der Waals surface area contributed by atoms with Crippen molar-refractivity contribution in [1.29, 1.82) is 0 Å². The molecule has 19 heavy (non-hydrogen) atoms. The number of nitrogens with zero attached hydrogens (tertiary/aromatic N) is 3. The fourth-order valence-electron chi connectivity index (χ4n) is 1.87. The summed E-state index contributed by atoms with van der Waals surface area (Å²) < 4.78 is 6.40. The summed E-state index contributed by atoms with van der Waals surface area (Å²) in [5, 5.41) is 0. The highest BCUT2D eigenvalue weighted by Crippen LogP contribution is 2.22. The molecule has 4 heteroatoms. The van der Waals surface area contributed by atoms with Gasteiger partial charge in [-0.05, 0) is 0 Å². The number of hydrogen-bond acceptors (Lipinski definition) is 4. The molecule has 3 rings (SSSR count). The second-order valence-electron chi connectivity index (χ2n) is 4.16. The van der Waals surface area contributed by atoms with Crippen LogP contribution in [0, 0.1) is 0 Å². The molecule has 0 aliphatic carbocycles. The van der Waals surface area contributed by atoms with E-state index in [-0.39, 0.29) is 0 Å². The standard InChI is InChI=1S/C15H13N3S/c1-18-15(13-10-6-3-7-11-13)16-14(17-19-18)12-8-4-2-5-9-12/h2-11H,1H3. The zero-order valence-corrected chi connectivity index (χ0v) is 11.3. The van der Waals surface area contributed by atoms with Gasteiger partial charge in [-0.2, -0.15) is 4.40 Å². The molecule has 0 aromatic heterocycles. The summed E-state index contributed by atoms with van der Waals surface area (Å²) in [6.45, 7) is 0. The molecule has 94 valence electrons. The van der Waals surface area contributed by atoms with E-state index < -0.39 is 0 Å². The summed E-state index contributed by atoms with van der Waals surface area (Å²) in [6, 6.07) is 20.2. The van der Waals surface area contributed by atoms with Crippen LogP contribution in [0.25, 0.3) is 0 Å². The molecular formula is C15H13N3S. The highest BCUT2D eigenvalue weighted by atomic mass is 32.2. The van der Waals surface area contributed by atoms with E-state index in [1.54, 1.807) is 0 Å². The normalized spacial score (nSPS) is 14.9. The Morgan fingerprint density at radius 1 is 0.842 bits per heavy atom. The van der Waals surface area contributed by atoms with Gasteiger partial charge in [0.15, 0.2) is 5.84 Å². The van der Waals surface area contributed by atoms with Crippen molar-refractivity contribution in [3.8, 4) is 0 Å². The molecule has 0 atom stereocenters. The number of amidine groups is 2. The van der Waals surface area contributed by atoms with Gasteiger partial charge in [-0.1, -0.05) is 60.7 Å². The van der Waals surface area contributed by atoms with Crippen molar-refractivity contribution in [2.24, 2.45) is 9.39 Å². The van der Waals surface area contributed by atoms with E-state index in [4.69, 9.17) is 0 Å². The predicted molar refractivity (Wildman–Crippen MR) is 81.3 cm³/mol. The summed E-state index contributed by atoms with van der Waals surface area (Å²) in [4.78, 5) is 4.68. The Morgan fingerprint density at radius 2 is 1.42 bits per heavy atom. The number of benzene rings is 2. The summed E-state index contributed by atoms with van der Waals surface area (Å²) >= 11 is 1.41. The van der Waals surface area contributed by atoms with E-state index in [0.717, 1.165) is 22.8 Å². The van der Waals surface area contributed by atoms with Gasteiger partial charge in [0.05, 0.1) is 12.1 Å². The van der Waals surface area contributed by atoms with Crippen LogP contribution < -0.4 is 0 Å². The summed E-state index contributed by atoms with van der Waals surface area (Å²) in [5.41, 5.74) is 2.14. The van der Waals surface area contributed by atoms with Crippen LogP contribution in [-0.2, 0) is 0 Å². The summed E-state index contributed by atoms with van der Waals surface area (Å²) in [6.07, 6.45) is 0. The minimum absolute atomic E-state index is 0.766. The summed E-state index contributed by atoms with van der Waals surface area (Å²) in [5.74, 6) is 1.70. The van der Waals surface area contributed by atoms with Crippen molar-refractivity contribution in [2.45, 2.75) is 0 Å². The molecule has 2 aromatic carbocycles. The number of rotatable bonds is 2. The topological polar surface area (TPSA) is 28.0 Å². The molecule has 0 saturated heterocycles. The lowest BCUT2D eigenvalue weighted by Gasteiger charge is -2.21. The van der Waals surface area contributed by atoms with E-state index in [1.165, 1.54) is 12.1 Å². The van der Waals surface area contributed by atoms with Crippen molar-refractivity contribution in [2.75, 3.05) is 7.05 Å². The van der Waals surface area contributed by atoms with Gasteiger partial charge in [0.1, 0.15) is 5.84 Å². The van der Waals surface area contributed by atoms with Crippen molar-refractivity contribution >= 4 is 23.8 Å². The van der Waals surface area contributed by atoms with E-state index in [9.17, 15) is 0 Å². The van der Waals surface area contributed by atoms with Gasteiger partial charge >= 0.3 is 0 Å². The molecular weight excluding hydrogens is 254 g/mol. The molecule has 0 spiro atoms. The minimum Gasteiger partial charge on any atom is -0.284 e. The lowest BCUT2D eigenvalue weighted by Crippen LogP contribution is -2.25. The first kappa shape index (κ1) is 12.0. The van der Waals surface area contributed by atoms with Crippen LogP contribution in [0.3, 0.4) is 0 Å². The maximum Gasteiger partial charge on any atom is 0.171 e. The minimum atomic E-state index is 0.766. The van der Waals surface area contributed by atoms with Crippen LogP contribution in [0.1, 0.15) is 11.1 Å². The van der Waals surface area contributed by atoms with Crippen molar-refractivity contribution in [1.82, 2.24) is 4.31 Å². The average molecular weight is 267 g/mol. The Morgan fingerprint density at radius 3 is 2.05 bits per heavy atom. The first-order valence-corrected chi connectivity index (χ1v) is 6.76. The summed E-state index contributed by atoms with van der Waals surface area (Å²) in [7, 11) is 1.97. The van der Waals surface area contributed by atoms with E-state index >= 15 is 0 Å². The van der Waals surface area contributed by atoms with Gasteiger partial charge in [0.25, 0.3) is 0 Å². The van der Waals surface area contributed by atoms with Gasteiger partial charge < -0.3 is 0 Å². The smallest absolute Gasteiger partial charge is 0.171 e. The number of aliphatic imine (C=N–C) groups is 1. The second-order valence-corrected chi connectivity index (χ2v) is 5.06. The first-order valence-electron chi connectivity index (χ1n) is 6.03. The van der Waals surface area contributed by atoms with Crippen LogP contribution in [-0.4, -0.2) is 23.0 Å². The maximum atomic E-state index is 4.68. The molecule has 1 aliphatic heterocycles. The van der Waals surface area contributed by atoms with E-state index in [1.807, 2.05) is 59.9 Å². The Labute approximate surface area is 117 Å². The van der Waals surface area contributed by atoms with Gasteiger partial charge in [-0.15, -0.1) is 0 Å². The molecule has 1 heterocycles. The molecule has 0 unspecified atom stereocenters. The SMILES string of the molecule is CN1SN=C(c2ccccc2)N=C1c1ccccc1. The van der Waals surface area contributed by atoms with E-state index in [0.29, 0.717) is 0 Å². The van der Waals surface area contributed by atoms with Crippen LogP contribution in [0.15, 0.2) is 70.1 Å². The molecule has 3 nitrogen and oxygen atoms in total. The largest absolute Gasteiger partial charge is 0.284 e. The Balaban J connectivity index is 2.00. The Bertz CT molecular complexity index is 620. The van der Waals surface area contributed by atoms with Crippen LogP contribution >= 0.6 is 12.1 Å². The highest BCUT2D eigenvalue weighted by Gasteiger charge is 2.17. The second kappa shape index (κ2) is 5.28. The quantitative estimate of drug-likeness (QED) is 0.780. The molecule has 0 radical (unpaired) electrons. The van der Waals surface area contributed by atoms with Crippen molar-refractivity contribution in [3.05, 3.63) is 71.8 Å². The molecule has 1 aliphatic rings. The van der Waals surface area contributed by atoms with Crippen LogP contribution in [0.2, 0.25) is 0 Å². The van der Waals surface area contributed by atoms with Crippen LogP contribution in [0.5, 0.6) is 0 Å². The van der Waals surface area contributed by atoms with Crippen molar-refractivity contribution < 1.29 is 0 Å². The molecule has 2 aromatic rings. The lowest BCUT2D eigenvalue weighted by atomic mass is 10.2. The third kappa shape index (κ3) is 2.53. The fourth-order valence-corrected chi connectivity index (χ4v) is 2.44. The first-order chi connectivity index (χ1) is 9.34. The molecule has 0 fully saturated rings. The van der Waals surface area contributed by atoms with Gasteiger partial charge in [-0.3, -0.25) is 4.31 Å². The molecule has 0 saturated carbocycles. The third-order valence-electron chi connectivity index (χ3n) is 2.82. The lowest BCUT2D eigenvalue weighted by molar-refractivity contribution is 0.841. The monoisotopic (exact) mass is 267 g/mol. The fraction of sp³-hybridized carbons (Fsp3) is 0.0667. The highest BCUT2D eigenvalue weighted by molar-refractivity contribution is 7.96. The predicted octanol–water partition coefficient (Wildman–Crippen LogP) is 3.39. The molecule has 0 amide bonds. The zero-order chi connectivity index (χ0) is 13.1. The van der Waals surface area contributed by atoms with E-state index in [2.05, 4.69) is 21.5 Å². The Hall–Kier alpha value is -2.07. The third-order valence-corrected chi connectivity index (χ3v) is 3.50. The average Bonchev–Trinajstić information content (AvgIpc) is 2.49. The maximum absolute atomic E-state index is 4.68. The molecule has 0 N–H and O–H groups in total. The zero-order valence-electron chi connectivity index (χ0n) is 10.5. The van der Waals surface area contributed by atoms with Crippen molar-refractivity contribution in [3.63, 3.8) is 0 Å². The van der Waals surface area contributed by atoms with Gasteiger partial charge in [0, 0.05) is 18.2 Å². The van der Waals surface area contributed by atoms with Gasteiger partial charge in [0.2, 0.25) is 0 Å². The van der Waals surface area contributed by atoms with Gasteiger partial charge in [-0.25, -0.2) is 4.99 Å². The Kier molecular flexibility index (Phi) is 3.33. The number of hydrogen-bond donors (Lipinski definition) is 0.